The maximum absolute atomic E-state index is 11.5. The van der Waals surface area contributed by atoms with Crippen LogP contribution in [0.3, 0.4) is 0 Å². The first-order valence-corrected chi connectivity index (χ1v) is 8.04. The van der Waals surface area contributed by atoms with Gasteiger partial charge in [0.15, 0.2) is 5.58 Å². The minimum Gasteiger partial charge on any atom is -0.408 e. The summed E-state index contributed by atoms with van der Waals surface area (Å²) in [5.74, 6) is -0.343. The molecule has 0 spiro atoms. The van der Waals surface area contributed by atoms with Gasteiger partial charge in [-0.3, -0.25) is 4.57 Å². The van der Waals surface area contributed by atoms with E-state index in [-0.39, 0.29) is 5.76 Å². The zero-order valence-corrected chi connectivity index (χ0v) is 13.3. The number of aromatic nitrogens is 1. The third kappa shape index (κ3) is 2.49. The molecule has 0 aliphatic carbocycles. The second-order valence-corrected chi connectivity index (χ2v) is 6.17. The topological polar surface area (TPSA) is 47.2 Å². The van der Waals surface area contributed by atoms with Crippen LogP contribution in [0.15, 0.2) is 74.8 Å². The molecular weight excluding hydrogens is 308 g/mol. The Morgan fingerprint density at radius 1 is 1.04 bits per heavy atom. The van der Waals surface area contributed by atoms with Gasteiger partial charge < -0.3 is 9.14 Å². The van der Waals surface area contributed by atoms with Gasteiger partial charge in [0.25, 0.3) is 0 Å². The smallest absolute Gasteiger partial charge is 0.408 e. The highest BCUT2D eigenvalue weighted by atomic mass is 32.2. The first kappa shape index (κ1) is 14.0. The normalized spacial score (nSPS) is 11.2. The highest BCUT2D eigenvalue weighted by Crippen LogP contribution is 2.29. The van der Waals surface area contributed by atoms with E-state index in [1.54, 1.807) is 7.05 Å². The molecule has 0 radical (unpaired) electrons. The van der Waals surface area contributed by atoms with Gasteiger partial charge in [-0.1, -0.05) is 36.4 Å². The Morgan fingerprint density at radius 3 is 2.78 bits per heavy atom. The molecule has 0 saturated heterocycles. The number of hydrogen-bond donors (Lipinski definition) is 1. The molecule has 0 aliphatic rings. The summed E-state index contributed by atoms with van der Waals surface area (Å²) in [5, 5.41) is 2.37. The lowest BCUT2D eigenvalue weighted by Gasteiger charge is -2.08. The Kier molecular flexibility index (Phi) is 3.35. The zero-order chi connectivity index (χ0) is 15.8. The third-order valence-corrected chi connectivity index (χ3v) is 4.64. The second-order valence-electron chi connectivity index (χ2n) is 5.29. The maximum Gasteiger partial charge on any atom is 0.419 e. The average molecular weight is 322 g/mol. The summed E-state index contributed by atoms with van der Waals surface area (Å²) in [4.78, 5) is 12.5. The van der Waals surface area contributed by atoms with Gasteiger partial charge in [-0.15, -0.1) is 0 Å². The van der Waals surface area contributed by atoms with Crippen molar-refractivity contribution in [3.05, 3.63) is 71.2 Å². The molecule has 5 heteroatoms. The number of nitrogens with zero attached hydrogens (tertiary/aromatic N) is 1. The Balaban J connectivity index is 1.64. The standard InChI is InChI=1S/C18H14N2O2S/c1-20-16-10-9-13(11-17(16)22-18(20)21)23-19-15-8-4-6-12-5-2-3-7-14(12)15/h2-11,19H,1H3. The van der Waals surface area contributed by atoms with Crippen molar-refractivity contribution in [2.24, 2.45) is 7.05 Å². The van der Waals surface area contributed by atoms with Crippen LogP contribution in [-0.2, 0) is 7.05 Å². The Hall–Kier alpha value is -2.66. The minimum absolute atomic E-state index is 0.343. The van der Waals surface area contributed by atoms with E-state index in [2.05, 4.69) is 29.0 Å². The van der Waals surface area contributed by atoms with Gasteiger partial charge in [0, 0.05) is 17.3 Å². The minimum atomic E-state index is -0.343. The molecule has 1 heterocycles. The van der Waals surface area contributed by atoms with E-state index in [9.17, 15) is 4.79 Å². The van der Waals surface area contributed by atoms with E-state index in [1.807, 2.05) is 36.4 Å². The van der Waals surface area contributed by atoms with Crippen LogP contribution in [0.1, 0.15) is 0 Å². The molecule has 1 aromatic heterocycles. The Bertz CT molecular complexity index is 1060. The summed E-state index contributed by atoms with van der Waals surface area (Å²) in [6.07, 6.45) is 0. The highest BCUT2D eigenvalue weighted by molar-refractivity contribution is 8.00. The van der Waals surface area contributed by atoms with E-state index >= 15 is 0 Å². The summed E-state index contributed by atoms with van der Waals surface area (Å²) in [5.41, 5.74) is 2.45. The average Bonchev–Trinajstić information content (AvgIpc) is 2.87. The van der Waals surface area contributed by atoms with Crippen molar-refractivity contribution < 1.29 is 4.42 Å². The van der Waals surface area contributed by atoms with Crippen molar-refractivity contribution in [3.8, 4) is 0 Å². The lowest BCUT2D eigenvalue weighted by atomic mass is 10.1. The van der Waals surface area contributed by atoms with E-state index in [4.69, 9.17) is 4.42 Å². The number of nitrogens with one attached hydrogen (secondary N) is 1. The monoisotopic (exact) mass is 322 g/mol. The molecule has 4 aromatic rings. The van der Waals surface area contributed by atoms with Crippen molar-refractivity contribution in [1.82, 2.24) is 4.57 Å². The molecule has 0 unspecified atom stereocenters. The van der Waals surface area contributed by atoms with Crippen molar-refractivity contribution in [3.63, 3.8) is 0 Å². The summed E-state index contributed by atoms with van der Waals surface area (Å²) in [6.45, 7) is 0. The lowest BCUT2D eigenvalue weighted by molar-refractivity contribution is 0.527. The molecule has 0 amide bonds. The van der Waals surface area contributed by atoms with Crippen LogP contribution in [-0.4, -0.2) is 4.57 Å². The summed E-state index contributed by atoms with van der Waals surface area (Å²) in [6, 6.07) is 20.2. The number of aryl methyl sites for hydroxylation is 1. The Labute approximate surface area is 136 Å². The highest BCUT2D eigenvalue weighted by Gasteiger charge is 2.07. The van der Waals surface area contributed by atoms with Crippen LogP contribution in [0.25, 0.3) is 21.9 Å². The molecule has 114 valence electrons. The van der Waals surface area contributed by atoms with Gasteiger partial charge in [0.2, 0.25) is 0 Å². The largest absolute Gasteiger partial charge is 0.419 e. The van der Waals surface area contributed by atoms with Crippen molar-refractivity contribution in [2.45, 2.75) is 4.90 Å². The van der Waals surface area contributed by atoms with Crippen LogP contribution in [0, 0.1) is 0 Å². The Morgan fingerprint density at radius 2 is 1.87 bits per heavy atom. The fraction of sp³-hybridized carbons (Fsp3) is 0.0556. The van der Waals surface area contributed by atoms with Gasteiger partial charge in [-0.25, -0.2) is 4.79 Å². The number of anilines is 1. The molecule has 0 saturated carbocycles. The van der Waals surface area contributed by atoms with Gasteiger partial charge in [-0.2, -0.15) is 0 Å². The molecule has 0 aliphatic heterocycles. The van der Waals surface area contributed by atoms with Crippen LogP contribution >= 0.6 is 11.9 Å². The number of hydrogen-bond acceptors (Lipinski definition) is 4. The SMILES string of the molecule is Cn1c(=O)oc2cc(SNc3cccc4ccccc34)ccc21. The van der Waals surface area contributed by atoms with Gasteiger partial charge in [-0.05, 0) is 41.6 Å². The molecule has 0 fully saturated rings. The predicted octanol–water partition coefficient (Wildman–Crippen LogP) is 4.40. The summed E-state index contributed by atoms with van der Waals surface area (Å²) < 4.78 is 10.1. The molecule has 3 aromatic carbocycles. The number of fused-ring (bicyclic) bond motifs is 2. The molecule has 0 bridgehead atoms. The predicted molar refractivity (Wildman–Crippen MR) is 94.9 cm³/mol. The number of oxazole rings is 1. The first-order chi connectivity index (χ1) is 11.2. The first-order valence-electron chi connectivity index (χ1n) is 7.22. The third-order valence-electron chi connectivity index (χ3n) is 3.83. The van der Waals surface area contributed by atoms with Crippen LogP contribution in [0.4, 0.5) is 5.69 Å². The molecule has 4 rings (SSSR count). The van der Waals surface area contributed by atoms with E-state index in [0.29, 0.717) is 5.58 Å². The van der Waals surface area contributed by atoms with Gasteiger partial charge in [0.05, 0.1) is 11.2 Å². The molecule has 1 N–H and O–H groups in total. The van der Waals surface area contributed by atoms with E-state index < -0.39 is 0 Å². The van der Waals surface area contributed by atoms with E-state index in [0.717, 1.165) is 16.1 Å². The van der Waals surface area contributed by atoms with Crippen molar-refractivity contribution in [2.75, 3.05) is 4.72 Å². The lowest BCUT2D eigenvalue weighted by Crippen LogP contribution is -2.08. The number of rotatable bonds is 3. The van der Waals surface area contributed by atoms with Gasteiger partial charge in [0.1, 0.15) is 0 Å². The summed E-state index contributed by atoms with van der Waals surface area (Å²) in [7, 11) is 1.70. The summed E-state index contributed by atoms with van der Waals surface area (Å²) >= 11 is 1.50. The van der Waals surface area contributed by atoms with Crippen LogP contribution in [0.2, 0.25) is 0 Å². The molecule has 0 atom stereocenters. The second kappa shape index (κ2) is 5.52. The molecular formula is C18H14N2O2S. The van der Waals surface area contributed by atoms with Crippen LogP contribution in [0.5, 0.6) is 0 Å². The molecule has 23 heavy (non-hydrogen) atoms. The van der Waals surface area contributed by atoms with Crippen molar-refractivity contribution >= 4 is 39.5 Å². The van der Waals surface area contributed by atoms with E-state index in [1.165, 1.54) is 27.3 Å². The van der Waals surface area contributed by atoms with Gasteiger partial charge >= 0.3 is 5.76 Å². The fourth-order valence-corrected chi connectivity index (χ4v) is 3.31. The van der Waals surface area contributed by atoms with Crippen molar-refractivity contribution in [1.29, 1.82) is 0 Å². The zero-order valence-electron chi connectivity index (χ0n) is 12.4. The fourth-order valence-electron chi connectivity index (χ4n) is 2.61. The number of benzene rings is 3. The quantitative estimate of drug-likeness (QED) is 0.568. The molecule has 4 nitrogen and oxygen atoms in total. The van der Waals surface area contributed by atoms with Crippen LogP contribution < -0.4 is 10.5 Å². The maximum atomic E-state index is 11.5.